The zero-order chi connectivity index (χ0) is 22.9. The summed E-state index contributed by atoms with van der Waals surface area (Å²) in [4.78, 5) is 21.5. The predicted octanol–water partition coefficient (Wildman–Crippen LogP) is 3.49. The maximum Gasteiger partial charge on any atom is 0.255 e. The van der Waals surface area contributed by atoms with Crippen LogP contribution in [-0.2, 0) is 10.0 Å². The first-order chi connectivity index (χ1) is 15.2. The molecule has 2 unspecified atom stereocenters. The van der Waals surface area contributed by atoms with E-state index in [0.717, 1.165) is 12.2 Å². The Morgan fingerprint density at radius 2 is 1.84 bits per heavy atom. The number of aryl methyl sites for hydroxylation is 1. The number of carbonyl (C=O) groups is 1. The van der Waals surface area contributed by atoms with E-state index in [1.54, 1.807) is 42.7 Å². The van der Waals surface area contributed by atoms with E-state index in [4.69, 9.17) is 0 Å². The van der Waals surface area contributed by atoms with Crippen molar-refractivity contribution in [1.29, 1.82) is 0 Å². The van der Waals surface area contributed by atoms with Crippen molar-refractivity contribution < 1.29 is 13.2 Å². The van der Waals surface area contributed by atoms with Crippen LogP contribution in [0.25, 0.3) is 5.82 Å². The van der Waals surface area contributed by atoms with Crippen molar-refractivity contribution in [3.63, 3.8) is 0 Å². The highest BCUT2D eigenvalue weighted by atomic mass is 32.2. The van der Waals surface area contributed by atoms with Gasteiger partial charge in [0.15, 0.2) is 0 Å². The van der Waals surface area contributed by atoms with E-state index < -0.39 is 15.9 Å². The van der Waals surface area contributed by atoms with Gasteiger partial charge in [-0.3, -0.25) is 9.36 Å². The molecule has 1 aliphatic rings. The Morgan fingerprint density at radius 3 is 2.47 bits per heavy atom. The lowest BCUT2D eigenvalue weighted by atomic mass is 9.94. The van der Waals surface area contributed by atoms with Gasteiger partial charge in [0.25, 0.3) is 5.91 Å². The fourth-order valence-corrected chi connectivity index (χ4v) is 5.90. The lowest BCUT2D eigenvalue weighted by Gasteiger charge is -2.34. The van der Waals surface area contributed by atoms with Gasteiger partial charge in [-0.15, -0.1) is 0 Å². The molecule has 168 valence electrons. The van der Waals surface area contributed by atoms with Gasteiger partial charge in [-0.25, -0.2) is 18.4 Å². The van der Waals surface area contributed by atoms with E-state index in [1.165, 1.54) is 10.4 Å². The summed E-state index contributed by atoms with van der Waals surface area (Å²) in [6.45, 7) is 7.00. The van der Waals surface area contributed by atoms with Gasteiger partial charge in [0.2, 0.25) is 10.0 Å². The first kappa shape index (κ1) is 22.2. The minimum atomic E-state index is -3.66. The lowest BCUT2D eigenvalue weighted by molar-refractivity contribution is 0.102. The Balaban J connectivity index is 1.50. The molecule has 2 atom stereocenters. The van der Waals surface area contributed by atoms with Crippen LogP contribution in [0.1, 0.15) is 36.5 Å². The second-order valence-electron chi connectivity index (χ2n) is 8.50. The molecule has 1 saturated heterocycles. The Hall–Kier alpha value is -3.04. The SMILES string of the molecule is Cc1nccn1-c1ccc(NC(=O)c2cccc(S(=O)(=O)N3CC(C)CC(C)C3)c2)cn1. The van der Waals surface area contributed by atoms with Crippen LogP contribution in [0.4, 0.5) is 5.69 Å². The van der Waals surface area contributed by atoms with Gasteiger partial charge in [-0.1, -0.05) is 19.9 Å². The summed E-state index contributed by atoms with van der Waals surface area (Å²) in [7, 11) is -3.66. The van der Waals surface area contributed by atoms with Crippen LogP contribution in [-0.4, -0.2) is 46.3 Å². The number of imidazole rings is 1. The number of piperidine rings is 1. The van der Waals surface area contributed by atoms with Crippen LogP contribution in [0.15, 0.2) is 59.9 Å². The molecule has 1 aromatic carbocycles. The van der Waals surface area contributed by atoms with Crippen molar-refractivity contribution in [3.05, 3.63) is 66.4 Å². The molecule has 0 spiro atoms. The Morgan fingerprint density at radius 1 is 1.09 bits per heavy atom. The number of hydrogen-bond donors (Lipinski definition) is 1. The summed E-state index contributed by atoms with van der Waals surface area (Å²) in [6, 6.07) is 9.71. The topological polar surface area (TPSA) is 97.2 Å². The van der Waals surface area contributed by atoms with Crippen molar-refractivity contribution in [3.8, 4) is 5.82 Å². The number of sulfonamides is 1. The smallest absolute Gasteiger partial charge is 0.255 e. The van der Waals surface area contributed by atoms with Gasteiger partial charge < -0.3 is 5.32 Å². The molecule has 3 aromatic rings. The number of hydrogen-bond acceptors (Lipinski definition) is 5. The molecule has 4 rings (SSSR count). The zero-order valence-electron chi connectivity index (χ0n) is 18.4. The molecule has 1 aliphatic heterocycles. The third kappa shape index (κ3) is 4.58. The van der Waals surface area contributed by atoms with Gasteiger partial charge in [-0.05, 0) is 55.5 Å². The summed E-state index contributed by atoms with van der Waals surface area (Å²) in [6.07, 6.45) is 6.08. The summed E-state index contributed by atoms with van der Waals surface area (Å²) in [5, 5.41) is 2.78. The molecule has 0 bridgehead atoms. The fourth-order valence-electron chi connectivity index (χ4n) is 4.17. The number of nitrogens with zero attached hydrogens (tertiary/aromatic N) is 4. The average Bonchev–Trinajstić information content (AvgIpc) is 3.19. The number of benzene rings is 1. The molecule has 2 aromatic heterocycles. The summed E-state index contributed by atoms with van der Waals surface area (Å²) >= 11 is 0. The maximum atomic E-state index is 13.2. The fraction of sp³-hybridized carbons (Fsp3) is 0.348. The molecule has 1 N–H and O–H groups in total. The standard InChI is InChI=1S/C23H27N5O3S/c1-16-11-17(2)15-27(14-16)32(30,31)21-6-4-5-19(12-21)23(29)26-20-7-8-22(25-13-20)28-10-9-24-18(28)3/h4-10,12-13,16-17H,11,14-15H2,1-3H3,(H,26,29). The summed E-state index contributed by atoms with van der Waals surface area (Å²) in [5.41, 5.74) is 0.794. The van der Waals surface area contributed by atoms with E-state index in [0.29, 0.717) is 36.4 Å². The highest BCUT2D eigenvalue weighted by Crippen LogP contribution is 2.27. The van der Waals surface area contributed by atoms with E-state index in [9.17, 15) is 13.2 Å². The molecule has 32 heavy (non-hydrogen) atoms. The molecule has 1 fully saturated rings. The summed E-state index contributed by atoms with van der Waals surface area (Å²) < 4.78 is 29.7. The highest BCUT2D eigenvalue weighted by molar-refractivity contribution is 7.89. The Bertz CT molecular complexity index is 1210. The monoisotopic (exact) mass is 453 g/mol. The highest BCUT2D eigenvalue weighted by Gasteiger charge is 2.32. The minimum absolute atomic E-state index is 0.135. The van der Waals surface area contributed by atoms with Gasteiger partial charge in [0.05, 0.1) is 16.8 Å². The predicted molar refractivity (Wildman–Crippen MR) is 122 cm³/mol. The van der Waals surface area contributed by atoms with Gasteiger partial charge in [0, 0.05) is 31.0 Å². The first-order valence-corrected chi connectivity index (χ1v) is 12.1. The lowest BCUT2D eigenvalue weighted by Crippen LogP contribution is -2.42. The summed E-state index contributed by atoms with van der Waals surface area (Å²) in [5.74, 6) is 1.72. The van der Waals surface area contributed by atoms with Crippen molar-refractivity contribution in [1.82, 2.24) is 18.8 Å². The second-order valence-corrected chi connectivity index (χ2v) is 10.4. The molecule has 0 saturated carbocycles. The average molecular weight is 454 g/mol. The first-order valence-electron chi connectivity index (χ1n) is 10.6. The van der Waals surface area contributed by atoms with Crippen LogP contribution in [0.3, 0.4) is 0 Å². The van der Waals surface area contributed by atoms with Crippen molar-refractivity contribution in [2.24, 2.45) is 11.8 Å². The van der Waals surface area contributed by atoms with Crippen LogP contribution in [0.2, 0.25) is 0 Å². The van der Waals surface area contributed by atoms with Gasteiger partial charge in [-0.2, -0.15) is 4.31 Å². The van der Waals surface area contributed by atoms with Crippen molar-refractivity contribution >= 4 is 21.6 Å². The quantitative estimate of drug-likeness (QED) is 0.638. The van der Waals surface area contributed by atoms with Crippen LogP contribution in [0.5, 0.6) is 0 Å². The molecule has 1 amide bonds. The van der Waals surface area contributed by atoms with Gasteiger partial charge in [0.1, 0.15) is 11.6 Å². The normalized spacial score (nSPS) is 19.6. The van der Waals surface area contributed by atoms with E-state index in [-0.39, 0.29) is 10.5 Å². The second kappa shape index (κ2) is 8.84. The largest absolute Gasteiger partial charge is 0.321 e. The third-order valence-corrected chi connectivity index (χ3v) is 7.48. The van der Waals surface area contributed by atoms with E-state index in [2.05, 4.69) is 29.1 Å². The molecule has 8 nitrogen and oxygen atoms in total. The van der Waals surface area contributed by atoms with E-state index in [1.807, 2.05) is 17.7 Å². The molecular formula is C23H27N5O3S. The van der Waals surface area contributed by atoms with Crippen LogP contribution in [0, 0.1) is 18.8 Å². The number of pyridine rings is 1. The van der Waals surface area contributed by atoms with Crippen LogP contribution >= 0.6 is 0 Å². The molecule has 0 radical (unpaired) electrons. The zero-order valence-corrected chi connectivity index (χ0v) is 19.2. The number of aromatic nitrogens is 3. The molecular weight excluding hydrogens is 426 g/mol. The van der Waals surface area contributed by atoms with Crippen LogP contribution < -0.4 is 5.32 Å². The third-order valence-electron chi connectivity index (χ3n) is 5.65. The molecule has 0 aliphatic carbocycles. The molecule has 9 heteroatoms. The number of nitrogens with one attached hydrogen (secondary N) is 1. The van der Waals surface area contributed by atoms with Gasteiger partial charge >= 0.3 is 0 Å². The Kier molecular flexibility index (Phi) is 6.12. The molecule has 3 heterocycles. The number of amides is 1. The Labute approximate surface area is 188 Å². The maximum absolute atomic E-state index is 13.2. The van der Waals surface area contributed by atoms with E-state index >= 15 is 0 Å². The minimum Gasteiger partial charge on any atom is -0.321 e. The van der Waals surface area contributed by atoms with Crippen molar-refractivity contribution in [2.75, 3.05) is 18.4 Å². The number of anilines is 1. The van der Waals surface area contributed by atoms with Crippen molar-refractivity contribution in [2.45, 2.75) is 32.1 Å². The number of carbonyl (C=O) groups excluding carboxylic acids is 1. The number of rotatable bonds is 5.